The van der Waals surface area contributed by atoms with Gasteiger partial charge in [0.2, 0.25) is 0 Å². The van der Waals surface area contributed by atoms with E-state index in [0.29, 0.717) is 6.04 Å². The van der Waals surface area contributed by atoms with Crippen molar-refractivity contribution in [3.8, 4) is 0 Å². The van der Waals surface area contributed by atoms with E-state index in [-0.39, 0.29) is 0 Å². The molecule has 2 aliphatic heterocycles. The van der Waals surface area contributed by atoms with E-state index in [2.05, 4.69) is 35.3 Å². The van der Waals surface area contributed by atoms with Crippen molar-refractivity contribution in [2.45, 2.75) is 19.5 Å². The second kappa shape index (κ2) is 4.77. The summed E-state index contributed by atoms with van der Waals surface area (Å²) < 4.78 is 5.44. The van der Waals surface area contributed by atoms with Gasteiger partial charge in [-0.2, -0.15) is 0 Å². The molecule has 1 aromatic rings. The first-order chi connectivity index (χ1) is 8.34. The first-order valence-corrected chi connectivity index (χ1v) is 6.46. The number of hydrogen-bond donors (Lipinski definition) is 1. The Labute approximate surface area is 103 Å². The minimum absolute atomic E-state index is 0.530. The lowest BCUT2D eigenvalue weighted by molar-refractivity contribution is 0.0146. The zero-order chi connectivity index (χ0) is 11.7. The van der Waals surface area contributed by atoms with Gasteiger partial charge < -0.3 is 10.1 Å². The molecule has 1 aromatic carbocycles. The fraction of sp³-hybridized carbons (Fsp3) is 0.571. The second-order valence-electron chi connectivity index (χ2n) is 5.00. The average molecular weight is 232 g/mol. The van der Waals surface area contributed by atoms with Crippen LogP contribution < -0.4 is 5.32 Å². The van der Waals surface area contributed by atoms with Gasteiger partial charge in [0, 0.05) is 32.2 Å². The summed E-state index contributed by atoms with van der Waals surface area (Å²) in [6.45, 7) is 8.11. The molecular weight excluding hydrogens is 212 g/mol. The van der Waals surface area contributed by atoms with E-state index in [9.17, 15) is 0 Å². The molecule has 0 spiro atoms. The van der Waals surface area contributed by atoms with Gasteiger partial charge in [0.1, 0.15) is 0 Å². The van der Waals surface area contributed by atoms with Gasteiger partial charge >= 0.3 is 0 Å². The summed E-state index contributed by atoms with van der Waals surface area (Å²) in [4.78, 5) is 2.55. The minimum Gasteiger partial charge on any atom is -0.379 e. The van der Waals surface area contributed by atoms with E-state index >= 15 is 0 Å². The first kappa shape index (κ1) is 11.2. The van der Waals surface area contributed by atoms with Crippen LogP contribution in [0.15, 0.2) is 18.2 Å². The lowest BCUT2D eigenvalue weighted by Gasteiger charge is -2.38. The highest BCUT2D eigenvalue weighted by Gasteiger charge is 2.26. The van der Waals surface area contributed by atoms with E-state index in [1.165, 1.54) is 16.7 Å². The summed E-state index contributed by atoms with van der Waals surface area (Å²) in [6, 6.07) is 7.37. The van der Waals surface area contributed by atoms with Crippen molar-refractivity contribution in [3.63, 3.8) is 0 Å². The number of hydrogen-bond acceptors (Lipinski definition) is 3. The van der Waals surface area contributed by atoms with Crippen LogP contribution in [0.2, 0.25) is 0 Å². The zero-order valence-electron chi connectivity index (χ0n) is 10.4. The Morgan fingerprint density at radius 1 is 1.29 bits per heavy atom. The number of benzene rings is 1. The largest absolute Gasteiger partial charge is 0.379 e. The molecule has 0 saturated carbocycles. The summed E-state index contributed by atoms with van der Waals surface area (Å²) in [7, 11) is 0. The van der Waals surface area contributed by atoms with E-state index in [4.69, 9.17) is 4.74 Å². The Morgan fingerprint density at radius 2 is 2.12 bits per heavy atom. The SMILES string of the molecule is Cc1ccc2c(c1)[C@H](N1CCOCC1)CNC2. The van der Waals surface area contributed by atoms with Gasteiger partial charge in [-0.05, 0) is 18.1 Å². The lowest BCUT2D eigenvalue weighted by Crippen LogP contribution is -2.45. The fourth-order valence-corrected chi connectivity index (χ4v) is 2.85. The molecule has 0 unspecified atom stereocenters. The molecule has 2 heterocycles. The van der Waals surface area contributed by atoms with Crippen molar-refractivity contribution in [3.05, 3.63) is 34.9 Å². The average Bonchev–Trinajstić information content (AvgIpc) is 2.39. The molecule has 3 nitrogen and oxygen atoms in total. The number of nitrogens with zero attached hydrogens (tertiary/aromatic N) is 1. The quantitative estimate of drug-likeness (QED) is 0.793. The Kier molecular flexibility index (Phi) is 3.14. The van der Waals surface area contributed by atoms with Gasteiger partial charge in [-0.15, -0.1) is 0 Å². The van der Waals surface area contributed by atoms with Crippen LogP contribution >= 0.6 is 0 Å². The summed E-state index contributed by atoms with van der Waals surface area (Å²) in [5.41, 5.74) is 4.34. The van der Waals surface area contributed by atoms with E-state index in [1.54, 1.807) is 0 Å². The van der Waals surface area contributed by atoms with Gasteiger partial charge in [0.15, 0.2) is 0 Å². The highest BCUT2D eigenvalue weighted by atomic mass is 16.5. The maximum atomic E-state index is 5.44. The van der Waals surface area contributed by atoms with Gasteiger partial charge in [-0.1, -0.05) is 23.8 Å². The zero-order valence-corrected chi connectivity index (χ0v) is 10.4. The third-order valence-electron chi connectivity index (χ3n) is 3.80. The van der Waals surface area contributed by atoms with Crippen molar-refractivity contribution >= 4 is 0 Å². The second-order valence-corrected chi connectivity index (χ2v) is 5.00. The summed E-state index contributed by atoms with van der Waals surface area (Å²) >= 11 is 0. The summed E-state index contributed by atoms with van der Waals surface area (Å²) in [6.07, 6.45) is 0. The topological polar surface area (TPSA) is 24.5 Å². The van der Waals surface area contributed by atoms with Crippen LogP contribution in [-0.2, 0) is 11.3 Å². The number of nitrogens with one attached hydrogen (secondary N) is 1. The van der Waals surface area contributed by atoms with Gasteiger partial charge in [0.05, 0.1) is 13.2 Å². The molecule has 0 aliphatic carbocycles. The molecule has 0 bridgehead atoms. The number of rotatable bonds is 1. The normalized spacial score (nSPS) is 25.6. The molecule has 1 N–H and O–H groups in total. The summed E-state index contributed by atoms with van der Waals surface area (Å²) in [5.74, 6) is 0. The number of fused-ring (bicyclic) bond motifs is 1. The molecular formula is C14H20N2O. The highest BCUT2D eigenvalue weighted by molar-refractivity contribution is 5.36. The molecule has 1 fully saturated rings. The molecule has 1 atom stereocenters. The van der Waals surface area contributed by atoms with E-state index < -0.39 is 0 Å². The maximum absolute atomic E-state index is 5.44. The smallest absolute Gasteiger partial charge is 0.0594 e. The molecule has 0 amide bonds. The fourth-order valence-electron chi connectivity index (χ4n) is 2.85. The number of aryl methyl sites for hydroxylation is 1. The Balaban J connectivity index is 1.89. The highest BCUT2D eigenvalue weighted by Crippen LogP contribution is 2.28. The number of morpholine rings is 1. The van der Waals surface area contributed by atoms with Crippen LogP contribution in [0.1, 0.15) is 22.7 Å². The minimum atomic E-state index is 0.530. The molecule has 3 heteroatoms. The van der Waals surface area contributed by atoms with Crippen LogP contribution in [-0.4, -0.2) is 37.7 Å². The van der Waals surface area contributed by atoms with Crippen molar-refractivity contribution in [1.29, 1.82) is 0 Å². The van der Waals surface area contributed by atoms with Gasteiger partial charge in [-0.25, -0.2) is 0 Å². The Bertz CT molecular complexity index is 399. The standard InChI is InChI=1S/C14H20N2O/c1-11-2-3-12-9-15-10-14(13(12)8-11)16-4-6-17-7-5-16/h2-3,8,14-15H,4-7,9-10H2,1H3/t14-/m1/s1. The van der Waals surface area contributed by atoms with E-state index in [1.807, 2.05) is 0 Å². The van der Waals surface area contributed by atoms with Gasteiger partial charge in [0.25, 0.3) is 0 Å². The predicted octanol–water partition coefficient (Wildman–Crippen LogP) is 1.47. The van der Waals surface area contributed by atoms with Crippen LogP contribution in [0.3, 0.4) is 0 Å². The predicted molar refractivity (Wildman–Crippen MR) is 68.0 cm³/mol. The lowest BCUT2D eigenvalue weighted by atomic mass is 9.93. The van der Waals surface area contributed by atoms with Crippen molar-refractivity contribution in [1.82, 2.24) is 10.2 Å². The van der Waals surface area contributed by atoms with Crippen molar-refractivity contribution < 1.29 is 4.74 Å². The molecule has 3 rings (SSSR count). The molecule has 2 aliphatic rings. The van der Waals surface area contributed by atoms with E-state index in [0.717, 1.165) is 39.4 Å². The number of ether oxygens (including phenoxy) is 1. The summed E-state index contributed by atoms with van der Waals surface area (Å²) in [5, 5.41) is 3.53. The molecule has 0 aromatic heterocycles. The third-order valence-corrected chi connectivity index (χ3v) is 3.80. The molecule has 1 saturated heterocycles. The monoisotopic (exact) mass is 232 g/mol. The molecule has 0 radical (unpaired) electrons. The van der Waals surface area contributed by atoms with Crippen molar-refractivity contribution in [2.24, 2.45) is 0 Å². The van der Waals surface area contributed by atoms with Gasteiger partial charge in [-0.3, -0.25) is 4.90 Å². The Morgan fingerprint density at radius 3 is 2.94 bits per heavy atom. The van der Waals surface area contributed by atoms with Crippen LogP contribution in [0.5, 0.6) is 0 Å². The molecule has 17 heavy (non-hydrogen) atoms. The molecule has 92 valence electrons. The first-order valence-electron chi connectivity index (χ1n) is 6.46. The van der Waals surface area contributed by atoms with Crippen molar-refractivity contribution in [2.75, 3.05) is 32.8 Å². The third kappa shape index (κ3) is 2.23. The van der Waals surface area contributed by atoms with Crippen LogP contribution in [0.25, 0.3) is 0 Å². The maximum Gasteiger partial charge on any atom is 0.0594 e. The van der Waals surface area contributed by atoms with Crippen LogP contribution in [0.4, 0.5) is 0 Å². The van der Waals surface area contributed by atoms with Crippen LogP contribution in [0, 0.1) is 6.92 Å². The Hall–Kier alpha value is -0.900.